The monoisotopic (exact) mass is 510 g/mol. The Hall–Kier alpha value is -3.27. The minimum Gasteiger partial charge on any atom is -0.479 e. The van der Waals surface area contributed by atoms with E-state index < -0.39 is 23.5 Å². The van der Waals surface area contributed by atoms with E-state index in [4.69, 9.17) is 11.6 Å². The van der Waals surface area contributed by atoms with Crippen molar-refractivity contribution in [2.24, 2.45) is 5.41 Å². The number of nitrogens with zero attached hydrogens (tertiary/aromatic N) is 3. The molecule has 0 aliphatic rings. The van der Waals surface area contributed by atoms with Crippen molar-refractivity contribution in [3.05, 3.63) is 58.4 Å². The highest BCUT2D eigenvalue weighted by atomic mass is 35.5. The van der Waals surface area contributed by atoms with Crippen molar-refractivity contribution in [3.8, 4) is 28.8 Å². The van der Waals surface area contributed by atoms with Crippen molar-refractivity contribution in [1.82, 2.24) is 20.3 Å². The number of halogens is 5. The molecule has 186 valence electrons. The molecule has 0 spiro atoms. The number of aromatic hydroxyl groups is 1. The summed E-state index contributed by atoms with van der Waals surface area (Å²) >= 11 is 6.30. The summed E-state index contributed by atoms with van der Waals surface area (Å²) in [5.41, 5.74) is -0.981. The summed E-state index contributed by atoms with van der Waals surface area (Å²) in [6.45, 7) is 5.05. The molecule has 11 heteroatoms. The molecule has 6 nitrogen and oxygen atoms in total. The summed E-state index contributed by atoms with van der Waals surface area (Å²) in [6, 6.07) is 8.23. The van der Waals surface area contributed by atoms with Gasteiger partial charge in [-0.1, -0.05) is 31.5 Å². The lowest BCUT2D eigenvalue weighted by Crippen LogP contribution is -2.46. The molecule has 35 heavy (non-hydrogen) atoms. The van der Waals surface area contributed by atoms with Gasteiger partial charge in [0, 0.05) is 17.7 Å². The maximum atomic E-state index is 14.1. The zero-order valence-corrected chi connectivity index (χ0v) is 20.1. The van der Waals surface area contributed by atoms with Crippen molar-refractivity contribution in [1.29, 1.82) is 0 Å². The van der Waals surface area contributed by atoms with Crippen LogP contribution >= 0.6 is 11.6 Å². The van der Waals surface area contributed by atoms with Crippen LogP contribution in [0.2, 0.25) is 5.02 Å². The highest BCUT2D eigenvalue weighted by molar-refractivity contribution is 6.33. The van der Waals surface area contributed by atoms with Gasteiger partial charge in [0.15, 0.2) is 11.6 Å². The summed E-state index contributed by atoms with van der Waals surface area (Å²) in [5, 5.41) is 12.6. The minimum atomic E-state index is -4.71. The molecular formula is C24H23ClF4N4O2. The molecule has 1 amide bonds. The van der Waals surface area contributed by atoms with Gasteiger partial charge >= 0.3 is 12.2 Å². The number of amides is 1. The lowest BCUT2D eigenvalue weighted by Gasteiger charge is -2.26. The van der Waals surface area contributed by atoms with Gasteiger partial charge in [0.2, 0.25) is 5.91 Å². The SMILES string of the molecule is CC(C)c1cc(-c2nc(O)nc(-c3cc(CNC(=O)C(C)(C)C(F)(F)F)ccc3Cl)n2)ccc1F. The smallest absolute Gasteiger partial charge is 0.402 e. The second-order valence-electron chi connectivity index (χ2n) is 8.79. The lowest BCUT2D eigenvalue weighted by molar-refractivity contribution is -0.211. The fourth-order valence-corrected chi connectivity index (χ4v) is 3.33. The first-order chi connectivity index (χ1) is 16.2. The number of carbonyl (C=O) groups is 1. The molecule has 0 saturated heterocycles. The van der Waals surface area contributed by atoms with Crippen LogP contribution in [-0.4, -0.2) is 32.1 Å². The molecule has 2 N–H and O–H groups in total. The molecule has 0 aliphatic heterocycles. The van der Waals surface area contributed by atoms with Crippen LogP contribution in [0.4, 0.5) is 17.6 Å². The average Bonchev–Trinajstić information content (AvgIpc) is 2.77. The van der Waals surface area contributed by atoms with Crippen molar-refractivity contribution < 1.29 is 27.5 Å². The van der Waals surface area contributed by atoms with Crippen LogP contribution in [-0.2, 0) is 11.3 Å². The number of hydrogen-bond acceptors (Lipinski definition) is 5. The van der Waals surface area contributed by atoms with Crippen LogP contribution in [0, 0.1) is 11.2 Å². The van der Waals surface area contributed by atoms with E-state index in [1.807, 2.05) is 13.8 Å². The van der Waals surface area contributed by atoms with Crippen molar-refractivity contribution in [2.45, 2.75) is 46.3 Å². The van der Waals surface area contributed by atoms with E-state index in [2.05, 4.69) is 20.3 Å². The van der Waals surface area contributed by atoms with Gasteiger partial charge in [-0.2, -0.15) is 23.1 Å². The Morgan fingerprint density at radius 1 is 1.06 bits per heavy atom. The maximum Gasteiger partial charge on any atom is 0.402 e. The third-order valence-corrected chi connectivity index (χ3v) is 5.83. The Labute approximate surface area is 204 Å². The van der Waals surface area contributed by atoms with E-state index in [0.29, 0.717) is 16.7 Å². The Morgan fingerprint density at radius 2 is 1.71 bits per heavy atom. The predicted octanol–water partition coefficient (Wildman–Crippen LogP) is 6.03. The summed E-state index contributed by atoms with van der Waals surface area (Å²) < 4.78 is 53.4. The van der Waals surface area contributed by atoms with Crippen LogP contribution < -0.4 is 5.32 Å². The Kier molecular flexibility index (Phi) is 7.35. The van der Waals surface area contributed by atoms with Crippen molar-refractivity contribution in [2.75, 3.05) is 0 Å². The molecule has 0 saturated carbocycles. The first kappa shape index (κ1) is 26.3. The molecule has 0 unspecified atom stereocenters. The molecule has 2 aromatic carbocycles. The fourth-order valence-electron chi connectivity index (χ4n) is 3.13. The van der Waals surface area contributed by atoms with Gasteiger partial charge in [-0.3, -0.25) is 4.79 Å². The molecule has 1 aromatic heterocycles. The highest BCUT2D eigenvalue weighted by Gasteiger charge is 2.52. The summed E-state index contributed by atoms with van der Waals surface area (Å²) in [4.78, 5) is 24.3. The Bertz CT molecular complexity index is 1260. The predicted molar refractivity (Wildman–Crippen MR) is 123 cm³/mol. The normalized spacial score (nSPS) is 12.2. The van der Waals surface area contributed by atoms with E-state index in [0.717, 1.165) is 13.8 Å². The third kappa shape index (κ3) is 5.70. The van der Waals surface area contributed by atoms with Crippen LogP contribution in [0.25, 0.3) is 22.8 Å². The molecule has 0 bridgehead atoms. The van der Waals surface area contributed by atoms with Crippen molar-refractivity contribution in [3.63, 3.8) is 0 Å². The fraction of sp³-hybridized carbons (Fsp3) is 0.333. The van der Waals surface area contributed by atoms with Crippen molar-refractivity contribution >= 4 is 17.5 Å². The second-order valence-corrected chi connectivity index (χ2v) is 9.20. The first-order valence-electron chi connectivity index (χ1n) is 10.6. The molecule has 0 fully saturated rings. The molecule has 3 aromatic rings. The number of alkyl halides is 3. The number of aromatic nitrogens is 3. The summed E-state index contributed by atoms with van der Waals surface area (Å²) in [5.74, 6) is -1.59. The third-order valence-electron chi connectivity index (χ3n) is 5.50. The average molecular weight is 511 g/mol. The van der Waals surface area contributed by atoms with Crippen LogP contribution in [0.15, 0.2) is 36.4 Å². The number of benzene rings is 2. The zero-order chi connectivity index (χ0) is 26.1. The van der Waals surface area contributed by atoms with Gasteiger partial charge in [-0.15, -0.1) is 0 Å². The molecule has 1 heterocycles. The number of carbonyl (C=O) groups excluding carboxylic acids is 1. The molecule has 3 rings (SSSR count). The topological polar surface area (TPSA) is 88.0 Å². The van der Waals surface area contributed by atoms with Crippen LogP contribution in [0.1, 0.15) is 44.7 Å². The van der Waals surface area contributed by atoms with Gasteiger partial charge < -0.3 is 10.4 Å². The standard InChI is InChI=1S/C24H23ClF4N4O2/c1-12(2)15-10-14(6-8-18(15)26)19-31-20(33-22(35)32-19)16-9-13(5-7-17(16)25)11-30-21(34)23(3,4)24(27,28)29/h5-10,12H,11H2,1-4H3,(H,30,34)(H,31,32,33,35). The number of nitrogens with one attached hydrogen (secondary N) is 1. The molecule has 0 radical (unpaired) electrons. The van der Waals surface area contributed by atoms with E-state index in [1.165, 1.54) is 30.3 Å². The summed E-state index contributed by atoms with van der Waals surface area (Å²) in [6.07, 6.45) is -4.71. The maximum absolute atomic E-state index is 14.1. The largest absolute Gasteiger partial charge is 0.479 e. The lowest BCUT2D eigenvalue weighted by atomic mass is 9.91. The minimum absolute atomic E-state index is 0.00304. The molecule has 0 atom stereocenters. The van der Waals surface area contributed by atoms with Gasteiger partial charge in [0.05, 0.1) is 5.02 Å². The van der Waals surface area contributed by atoms with E-state index in [1.54, 1.807) is 6.07 Å². The van der Waals surface area contributed by atoms with Gasteiger partial charge in [-0.25, -0.2) is 9.37 Å². The van der Waals surface area contributed by atoms with Crippen LogP contribution in [0.3, 0.4) is 0 Å². The van der Waals surface area contributed by atoms with E-state index in [9.17, 15) is 27.5 Å². The zero-order valence-electron chi connectivity index (χ0n) is 19.3. The molecule has 0 aliphatic carbocycles. The summed E-state index contributed by atoms with van der Waals surface area (Å²) in [7, 11) is 0. The second kappa shape index (κ2) is 9.77. The van der Waals surface area contributed by atoms with E-state index >= 15 is 0 Å². The van der Waals surface area contributed by atoms with Crippen LogP contribution in [0.5, 0.6) is 6.01 Å². The number of hydrogen-bond donors (Lipinski definition) is 2. The van der Waals surface area contributed by atoms with E-state index in [-0.39, 0.29) is 40.5 Å². The Balaban J connectivity index is 1.94. The highest BCUT2D eigenvalue weighted by Crippen LogP contribution is 2.37. The molecular weight excluding hydrogens is 488 g/mol. The number of rotatable bonds is 6. The first-order valence-corrected chi connectivity index (χ1v) is 11.0. The van der Waals surface area contributed by atoms with Gasteiger partial charge in [0.1, 0.15) is 11.2 Å². The van der Waals surface area contributed by atoms with Gasteiger partial charge in [-0.05, 0) is 61.2 Å². The quantitative estimate of drug-likeness (QED) is 0.395. The Morgan fingerprint density at radius 3 is 2.34 bits per heavy atom. The van der Waals surface area contributed by atoms with Gasteiger partial charge in [0.25, 0.3) is 0 Å².